The summed E-state index contributed by atoms with van der Waals surface area (Å²) in [6, 6.07) is 6.77. The van der Waals surface area contributed by atoms with Crippen molar-refractivity contribution < 1.29 is 31.5 Å². The standard InChI is InChI=1S/C37H38F5N9O2/c1-35(2,3)53-34(52)50-15-12-21(16-20(50)11-13-43)51-32-24-17-25(37(40,41)42)27(23-9-10-26(38)22-8-7-14-44-29(22)23)28(39)30(24)45-33(31(32)46-47-51)49-18-36(4,19-49)48(5)6/h7-10,14,17,20-21H,11-12,15-16,18-19H2,1-6H3/t20?,21-/m0/s1. The van der Waals surface area contributed by atoms with Gasteiger partial charge in [0.2, 0.25) is 0 Å². The number of nitrogens with zero attached hydrogens (tertiary/aromatic N) is 9. The number of nitriles is 1. The quantitative estimate of drug-likeness (QED) is 0.169. The number of amides is 1. The summed E-state index contributed by atoms with van der Waals surface area (Å²) in [5.41, 5.74) is -3.50. The number of likely N-dealkylation sites (N-methyl/N-ethyl adjacent to an activating group) is 1. The molecule has 0 aliphatic carbocycles. The van der Waals surface area contributed by atoms with Gasteiger partial charge in [0.15, 0.2) is 17.2 Å². The van der Waals surface area contributed by atoms with E-state index in [9.17, 15) is 14.4 Å². The van der Waals surface area contributed by atoms with Crippen LogP contribution >= 0.6 is 0 Å². The zero-order chi connectivity index (χ0) is 38.2. The average molecular weight is 736 g/mol. The highest BCUT2D eigenvalue weighted by molar-refractivity contribution is 6.09. The highest BCUT2D eigenvalue weighted by atomic mass is 19.4. The van der Waals surface area contributed by atoms with E-state index in [1.807, 2.05) is 30.8 Å². The fourth-order valence-corrected chi connectivity index (χ4v) is 7.41. The summed E-state index contributed by atoms with van der Waals surface area (Å²) in [5.74, 6) is -1.70. The minimum Gasteiger partial charge on any atom is -0.444 e. The van der Waals surface area contributed by atoms with Gasteiger partial charge in [-0.15, -0.1) is 5.10 Å². The number of piperidine rings is 1. The van der Waals surface area contributed by atoms with Crippen LogP contribution in [0.5, 0.6) is 0 Å². The van der Waals surface area contributed by atoms with Gasteiger partial charge >= 0.3 is 12.3 Å². The van der Waals surface area contributed by atoms with E-state index in [2.05, 4.69) is 26.3 Å². The molecule has 5 aromatic rings. The van der Waals surface area contributed by atoms with E-state index in [4.69, 9.17) is 4.74 Å². The highest BCUT2D eigenvalue weighted by Crippen LogP contribution is 2.46. The third kappa shape index (κ3) is 6.24. The van der Waals surface area contributed by atoms with E-state index in [-0.39, 0.29) is 69.1 Å². The number of hydrogen-bond acceptors (Lipinski definition) is 9. The summed E-state index contributed by atoms with van der Waals surface area (Å²) in [5, 5.41) is 18.3. The molecule has 0 bridgehead atoms. The summed E-state index contributed by atoms with van der Waals surface area (Å²) < 4.78 is 84.4. The number of benzene rings is 2. The molecule has 53 heavy (non-hydrogen) atoms. The molecule has 0 radical (unpaired) electrons. The molecular weight excluding hydrogens is 697 g/mol. The van der Waals surface area contributed by atoms with Crippen molar-refractivity contribution in [3.05, 3.63) is 53.7 Å². The Hall–Kier alpha value is -5.17. The van der Waals surface area contributed by atoms with Gasteiger partial charge in [0.05, 0.1) is 41.2 Å². The molecule has 16 heteroatoms. The van der Waals surface area contributed by atoms with Crippen molar-refractivity contribution in [3.63, 3.8) is 0 Å². The molecule has 3 aromatic heterocycles. The Morgan fingerprint density at radius 2 is 1.83 bits per heavy atom. The zero-order valence-electron chi connectivity index (χ0n) is 30.1. The third-order valence-corrected chi connectivity index (χ3v) is 10.3. The summed E-state index contributed by atoms with van der Waals surface area (Å²) in [6.07, 6.45) is -3.83. The van der Waals surface area contributed by atoms with Gasteiger partial charge in [-0.25, -0.2) is 23.2 Å². The number of rotatable bonds is 5. The van der Waals surface area contributed by atoms with Crippen molar-refractivity contribution in [2.75, 3.05) is 38.6 Å². The molecule has 7 rings (SSSR count). The number of likely N-dealkylation sites (tertiary alicyclic amines) is 1. The van der Waals surface area contributed by atoms with Crippen LogP contribution in [0.25, 0.3) is 44.0 Å². The van der Waals surface area contributed by atoms with Crippen LogP contribution in [0.1, 0.15) is 58.6 Å². The lowest BCUT2D eigenvalue weighted by Crippen LogP contribution is -2.67. The molecule has 1 amide bonds. The predicted octanol–water partition coefficient (Wildman–Crippen LogP) is 7.49. The van der Waals surface area contributed by atoms with Crippen molar-refractivity contribution in [2.24, 2.45) is 0 Å². The number of carbonyl (C=O) groups is 1. The summed E-state index contributed by atoms with van der Waals surface area (Å²) in [6.45, 7) is 8.39. The molecule has 2 aromatic carbocycles. The number of pyridine rings is 2. The van der Waals surface area contributed by atoms with Crippen molar-refractivity contribution in [1.82, 2.24) is 34.8 Å². The first-order chi connectivity index (χ1) is 24.9. The number of alkyl halides is 3. The van der Waals surface area contributed by atoms with Crippen molar-refractivity contribution in [1.29, 1.82) is 5.26 Å². The number of fused-ring (bicyclic) bond motifs is 4. The molecule has 2 atom stereocenters. The number of anilines is 1. The van der Waals surface area contributed by atoms with Gasteiger partial charge in [0.25, 0.3) is 0 Å². The minimum atomic E-state index is -5.05. The molecule has 2 aliphatic heterocycles. The van der Waals surface area contributed by atoms with Crippen LogP contribution in [0.3, 0.4) is 0 Å². The summed E-state index contributed by atoms with van der Waals surface area (Å²) in [7, 11) is 3.87. The Kier molecular flexibility index (Phi) is 8.71. The first kappa shape index (κ1) is 36.2. The van der Waals surface area contributed by atoms with Gasteiger partial charge in [0, 0.05) is 47.7 Å². The lowest BCUT2D eigenvalue weighted by atomic mass is 9.90. The number of aromatic nitrogens is 5. The first-order valence-corrected chi connectivity index (χ1v) is 17.2. The fraction of sp³-hybridized carbons (Fsp3) is 0.459. The lowest BCUT2D eigenvalue weighted by molar-refractivity contribution is -0.137. The maximum atomic E-state index is 17.2. The van der Waals surface area contributed by atoms with E-state index in [0.717, 1.165) is 18.2 Å². The minimum absolute atomic E-state index is 0.0251. The van der Waals surface area contributed by atoms with Crippen molar-refractivity contribution in [3.8, 4) is 17.2 Å². The molecule has 278 valence electrons. The molecule has 5 heterocycles. The van der Waals surface area contributed by atoms with Gasteiger partial charge in [-0.2, -0.15) is 18.4 Å². The number of ether oxygens (including phenoxy) is 1. The Bertz CT molecular complexity index is 2300. The summed E-state index contributed by atoms with van der Waals surface area (Å²) >= 11 is 0. The number of carbonyl (C=O) groups excluding carboxylic acids is 1. The SMILES string of the molecule is CN(C)C1(C)CN(c2nc3c(F)c(-c4ccc(F)c5cccnc45)c(C(F)(F)F)cc3c3c2nnn3[C@H]2CCN(C(=O)OC(C)(C)C)C(CC#N)C2)C1. The molecule has 0 spiro atoms. The molecule has 2 fully saturated rings. The smallest absolute Gasteiger partial charge is 0.417 e. The van der Waals surface area contributed by atoms with E-state index in [1.165, 1.54) is 27.9 Å². The van der Waals surface area contributed by atoms with Gasteiger partial charge < -0.3 is 19.4 Å². The molecule has 1 unspecified atom stereocenters. The maximum Gasteiger partial charge on any atom is 0.417 e. The molecule has 0 N–H and O–H groups in total. The summed E-state index contributed by atoms with van der Waals surface area (Å²) in [4.78, 5) is 27.4. The monoisotopic (exact) mass is 735 g/mol. The van der Waals surface area contributed by atoms with Crippen LogP contribution in [0.2, 0.25) is 0 Å². The largest absolute Gasteiger partial charge is 0.444 e. The Morgan fingerprint density at radius 1 is 1.09 bits per heavy atom. The fourth-order valence-electron chi connectivity index (χ4n) is 7.41. The van der Waals surface area contributed by atoms with Gasteiger partial charge in [-0.3, -0.25) is 4.98 Å². The van der Waals surface area contributed by atoms with Gasteiger partial charge in [0.1, 0.15) is 22.5 Å². The Labute approximate surface area is 301 Å². The number of halogens is 5. The van der Waals surface area contributed by atoms with Crippen molar-refractivity contribution >= 4 is 44.8 Å². The molecular formula is C37H38F5N9O2. The first-order valence-electron chi connectivity index (χ1n) is 17.2. The molecule has 11 nitrogen and oxygen atoms in total. The second-order valence-corrected chi connectivity index (χ2v) is 15.3. The van der Waals surface area contributed by atoms with E-state index in [1.54, 1.807) is 20.8 Å². The van der Waals surface area contributed by atoms with E-state index >= 15 is 17.6 Å². The van der Waals surface area contributed by atoms with Gasteiger partial charge in [-0.05, 0) is 85.0 Å². The second-order valence-electron chi connectivity index (χ2n) is 15.3. The maximum absolute atomic E-state index is 17.2. The average Bonchev–Trinajstić information content (AvgIpc) is 3.52. The second kappa shape index (κ2) is 12.8. The predicted molar refractivity (Wildman–Crippen MR) is 188 cm³/mol. The van der Waals surface area contributed by atoms with Crippen LogP contribution in [0.15, 0.2) is 36.5 Å². The van der Waals surface area contributed by atoms with Crippen LogP contribution in [-0.4, -0.2) is 91.8 Å². The van der Waals surface area contributed by atoms with Crippen molar-refractivity contribution in [2.45, 2.75) is 76.4 Å². The molecule has 2 aliphatic rings. The topological polar surface area (TPSA) is 116 Å². The molecule has 0 saturated carbocycles. The Balaban J connectivity index is 1.45. The zero-order valence-corrected chi connectivity index (χ0v) is 30.1. The van der Waals surface area contributed by atoms with Crippen LogP contribution in [0.4, 0.5) is 32.6 Å². The van der Waals surface area contributed by atoms with Crippen LogP contribution < -0.4 is 4.90 Å². The normalized spacial score (nSPS) is 19.2. The van der Waals surface area contributed by atoms with E-state index in [0.29, 0.717) is 19.5 Å². The Morgan fingerprint density at radius 3 is 2.49 bits per heavy atom. The number of hydrogen-bond donors (Lipinski definition) is 0. The third-order valence-electron chi connectivity index (χ3n) is 10.3. The molecule has 2 saturated heterocycles. The highest BCUT2D eigenvalue weighted by Gasteiger charge is 2.44. The van der Waals surface area contributed by atoms with Crippen LogP contribution in [-0.2, 0) is 10.9 Å². The van der Waals surface area contributed by atoms with Crippen LogP contribution in [0, 0.1) is 23.0 Å². The lowest BCUT2D eigenvalue weighted by Gasteiger charge is -2.52. The van der Waals surface area contributed by atoms with Gasteiger partial charge in [-0.1, -0.05) is 5.21 Å². The van der Waals surface area contributed by atoms with E-state index < -0.39 is 52.7 Å².